The van der Waals surface area contributed by atoms with Crippen LogP contribution in [0.1, 0.15) is 85.7 Å². The molecule has 240 valence electrons. The van der Waals surface area contributed by atoms with Gasteiger partial charge in [-0.05, 0) is 79.6 Å². The van der Waals surface area contributed by atoms with Gasteiger partial charge in [-0.3, -0.25) is 0 Å². The minimum absolute atomic E-state index is 0.141. The number of carbonyl (C=O) groups excluding carboxylic acids is 1. The summed E-state index contributed by atoms with van der Waals surface area (Å²) in [6.45, 7) is 11.7. The molecule has 0 saturated heterocycles. The molecule has 0 spiro atoms. The molecule has 8 nitrogen and oxygen atoms in total. The first kappa shape index (κ1) is 32.8. The number of carbonyl (C=O) groups is 1. The van der Waals surface area contributed by atoms with Gasteiger partial charge < -0.3 is 13.6 Å². The lowest BCUT2D eigenvalue weighted by Gasteiger charge is -2.43. The van der Waals surface area contributed by atoms with Crippen molar-refractivity contribution in [2.24, 2.45) is 11.8 Å². The predicted octanol–water partition coefficient (Wildman–Crippen LogP) is 7.87. The second-order valence-electron chi connectivity index (χ2n) is 14.1. The summed E-state index contributed by atoms with van der Waals surface area (Å²) < 4.78 is 19.5. The molecule has 1 saturated carbocycles. The maximum absolute atomic E-state index is 12.1. The molecule has 2 aromatic carbocycles. The summed E-state index contributed by atoms with van der Waals surface area (Å²) in [5.74, 6) is 0.928. The van der Waals surface area contributed by atoms with Crippen molar-refractivity contribution < 1.29 is 18.4 Å². The average Bonchev–Trinajstić information content (AvgIpc) is 3.69. The van der Waals surface area contributed by atoms with Gasteiger partial charge in [0, 0.05) is 18.7 Å². The van der Waals surface area contributed by atoms with Gasteiger partial charge in [0.05, 0.1) is 12.8 Å². The molecule has 5 rings (SSSR count). The van der Waals surface area contributed by atoms with Gasteiger partial charge in [-0.25, -0.2) is 14.5 Å². The zero-order chi connectivity index (χ0) is 32.0. The van der Waals surface area contributed by atoms with Crippen LogP contribution in [0.2, 0.25) is 18.1 Å². The molecule has 0 amide bonds. The zero-order valence-electron chi connectivity index (χ0n) is 27.6. The number of benzene rings is 2. The molecule has 0 bridgehead atoms. The molecule has 4 aromatic rings. The van der Waals surface area contributed by atoms with E-state index in [4.69, 9.17) is 13.6 Å². The number of aromatic nitrogens is 4. The van der Waals surface area contributed by atoms with E-state index in [1.165, 1.54) is 18.9 Å². The minimum atomic E-state index is -1.91. The first-order valence-corrected chi connectivity index (χ1v) is 19.1. The van der Waals surface area contributed by atoms with E-state index in [-0.39, 0.29) is 22.9 Å². The molecule has 1 fully saturated rings. The summed E-state index contributed by atoms with van der Waals surface area (Å²) in [6, 6.07) is 20.6. The number of esters is 1. The number of hydrogen-bond acceptors (Lipinski definition) is 7. The van der Waals surface area contributed by atoms with Crippen LogP contribution in [0.15, 0.2) is 77.5 Å². The van der Waals surface area contributed by atoms with Gasteiger partial charge >= 0.3 is 5.97 Å². The minimum Gasteiger partial charge on any atom is -0.464 e. The lowest BCUT2D eigenvalue weighted by Crippen LogP contribution is -2.46. The second kappa shape index (κ2) is 14.2. The number of aryl methyl sites for hydroxylation is 1. The molecule has 1 aliphatic carbocycles. The Kier molecular flexibility index (Phi) is 10.4. The molecule has 3 unspecified atom stereocenters. The molecule has 0 radical (unpaired) electrons. The van der Waals surface area contributed by atoms with Crippen LogP contribution in [0.25, 0.3) is 0 Å². The lowest BCUT2D eigenvalue weighted by atomic mass is 9.76. The van der Waals surface area contributed by atoms with E-state index in [1.54, 1.807) is 0 Å². The number of rotatable bonds is 12. The SMILES string of the molecule is COC(=O)c1coc([C@H](Cc2ccccc2)n2cc(CC3CC(CCc4ccccc4)CC(O[Si](C)(C)C(C)(C)C)C3)nn2)n1. The van der Waals surface area contributed by atoms with Crippen LogP contribution < -0.4 is 0 Å². The number of hydrogen-bond donors (Lipinski definition) is 0. The molecule has 9 heteroatoms. The standard InChI is InChI=1S/C36H48N4O4Si/c1-36(2,3)45(5,6)44-31-21-28(18-17-26-13-9-7-10-14-26)19-29(22-31)20-30-24-40(39-38-30)33(23-27-15-11-8-12-16-27)34-37-32(25-43-34)35(41)42-4/h7-16,24-25,28-29,31,33H,17-23H2,1-6H3/t28?,29?,31?,33-/m0/s1. The molecule has 2 aromatic heterocycles. The lowest BCUT2D eigenvalue weighted by molar-refractivity contribution is 0.0593. The van der Waals surface area contributed by atoms with E-state index < -0.39 is 14.3 Å². The molecule has 2 heterocycles. The van der Waals surface area contributed by atoms with Crippen molar-refractivity contribution in [2.75, 3.05) is 7.11 Å². The van der Waals surface area contributed by atoms with Crippen molar-refractivity contribution >= 4 is 14.3 Å². The first-order valence-electron chi connectivity index (χ1n) is 16.2. The van der Waals surface area contributed by atoms with E-state index in [9.17, 15) is 4.79 Å². The highest BCUT2D eigenvalue weighted by Gasteiger charge is 2.41. The second-order valence-corrected chi connectivity index (χ2v) is 18.9. The Labute approximate surface area is 268 Å². The van der Waals surface area contributed by atoms with Gasteiger partial charge in [0.15, 0.2) is 14.0 Å². The van der Waals surface area contributed by atoms with E-state index in [1.807, 2.05) is 29.1 Å². The Hall–Kier alpha value is -3.56. The average molecular weight is 629 g/mol. The van der Waals surface area contributed by atoms with Crippen molar-refractivity contribution in [3.8, 4) is 0 Å². The van der Waals surface area contributed by atoms with Crippen molar-refractivity contribution in [2.45, 2.75) is 96.0 Å². The van der Waals surface area contributed by atoms with Crippen LogP contribution in [0, 0.1) is 11.8 Å². The normalized spacial score (nSPS) is 19.7. The topological polar surface area (TPSA) is 92.3 Å². The van der Waals surface area contributed by atoms with Crippen LogP contribution in [-0.2, 0) is 28.4 Å². The predicted molar refractivity (Wildman–Crippen MR) is 178 cm³/mol. The van der Waals surface area contributed by atoms with Gasteiger partial charge in [0.1, 0.15) is 12.3 Å². The number of oxazole rings is 1. The van der Waals surface area contributed by atoms with E-state index in [0.717, 1.165) is 49.8 Å². The Morgan fingerprint density at radius 3 is 2.33 bits per heavy atom. The van der Waals surface area contributed by atoms with Crippen LogP contribution in [0.4, 0.5) is 0 Å². The third-order valence-corrected chi connectivity index (χ3v) is 14.2. The van der Waals surface area contributed by atoms with Crippen molar-refractivity contribution in [3.05, 3.63) is 102 Å². The molecular weight excluding hydrogens is 581 g/mol. The third-order valence-electron chi connectivity index (χ3n) is 9.66. The zero-order valence-corrected chi connectivity index (χ0v) is 28.6. The fourth-order valence-corrected chi connectivity index (χ4v) is 7.62. The summed E-state index contributed by atoms with van der Waals surface area (Å²) in [6.07, 6.45) is 10.6. The fourth-order valence-electron chi connectivity index (χ4n) is 6.24. The third kappa shape index (κ3) is 8.58. The summed E-state index contributed by atoms with van der Waals surface area (Å²) in [5.41, 5.74) is 3.60. The Balaban J connectivity index is 1.34. The van der Waals surface area contributed by atoms with Crippen LogP contribution in [0.5, 0.6) is 0 Å². The van der Waals surface area contributed by atoms with Gasteiger partial charge in [-0.15, -0.1) is 5.10 Å². The fraction of sp³-hybridized carbons (Fsp3) is 0.500. The van der Waals surface area contributed by atoms with Crippen LogP contribution in [0.3, 0.4) is 0 Å². The molecule has 4 atom stereocenters. The molecule has 45 heavy (non-hydrogen) atoms. The maximum atomic E-state index is 12.1. The van der Waals surface area contributed by atoms with Crippen molar-refractivity contribution in [3.63, 3.8) is 0 Å². The van der Waals surface area contributed by atoms with Crippen LogP contribution >= 0.6 is 0 Å². The Morgan fingerprint density at radius 2 is 1.67 bits per heavy atom. The largest absolute Gasteiger partial charge is 0.464 e. The molecule has 0 aliphatic heterocycles. The summed E-state index contributed by atoms with van der Waals surface area (Å²) in [5, 5.41) is 9.36. The molecule has 0 N–H and O–H groups in total. The summed E-state index contributed by atoms with van der Waals surface area (Å²) >= 11 is 0. The van der Waals surface area contributed by atoms with Crippen molar-refractivity contribution in [1.29, 1.82) is 0 Å². The summed E-state index contributed by atoms with van der Waals surface area (Å²) in [7, 11) is -0.573. The highest BCUT2D eigenvalue weighted by Crippen LogP contribution is 2.42. The number of ether oxygens (including phenoxy) is 1. The maximum Gasteiger partial charge on any atom is 0.360 e. The van der Waals surface area contributed by atoms with E-state index in [2.05, 4.69) is 91.6 Å². The van der Waals surface area contributed by atoms with Gasteiger partial charge in [0.25, 0.3) is 0 Å². The van der Waals surface area contributed by atoms with Gasteiger partial charge in [0.2, 0.25) is 5.89 Å². The highest BCUT2D eigenvalue weighted by molar-refractivity contribution is 6.74. The highest BCUT2D eigenvalue weighted by atomic mass is 28.4. The number of nitrogens with zero attached hydrogens (tertiary/aromatic N) is 4. The van der Waals surface area contributed by atoms with Crippen molar-refractivity contribution in [1.82, 2.24) is 20.0 Å². The number of methoxy groups -OCH3 is 1. The van der Waals surface area contributed by atoms with E-state index >= 15 is 0 Å². The quantitative estimate of drug-likeness (QED) is 0.116. The van der Waals surface area contributed by atoms with Gasteiger partial charge in [-0.1, -0.05) is 86.6 Å². The molecule has 1 aliphatic rings. The first-order chi connectivity index (χ1) is 21.5. The monoisotopic (exact) mass is 628 g/mol. The van der Waals surface area contributed by atoms with E-state index in [0.29, 0.717) is 24.1 Å². The van der Waals surface area contributed by atoms with Crippen LogP contribution in [-0.4, -0.2) is 47.5 Å². The summed E-state index contributed by atoms with van der Waals surface area (Å²) in [4.78, 5) is 16.6. The van der Waals surface area contributed by atoms with Gasteiger partial charge in [-0.2, -0.15) is 0 Å². The Bertz CT molecular complexity index is 1510. The Morgan fingerprint density at radius 1 is 1.00 bits per heavy atom. The smallest absolute Gasteiger partial charge is 0.360 e. The molecular formula is C36H48N4O4Si.